The Kier molecular flexibility index (Phi) is 6.27. The third-order valence-corrected chi connectivity index (χ3v) is 3.00. The van der Waals surface area contributed by atoms with Crippen LogP contribution in [0.1, 0.15) is 13.3 Å². The molecule has 1 unspecified atom stereocenters. The summed E-state index contributed by atoms with van der Waals surface area (Å²) in [6.45, 7) is 3.82. The fraction of sp³-hybridized carbons (Fsp3) is 0.750. The van der Waals surface area contributed by atoms with Crippen LogP contribution in [0.15, 0.2) is 0 Å². The largest absolute Gasteiger partial charge is 0.469 e. The first-order chi connectivity index (χ1) is 9.02. The molecule has 1 fully saturated rings. The van der Waals surface area contributed by atoms with Crippen molar-refractivity contribution in [3.63, 3.8) is 0 Å². The monoisotopic (exact) mass is 271 g/mol. The van der Waals surface area contributed by atoms with Gasteiger partial charge < -0.3 is 15.4 Å². The number of rotatable bonds is 6. The highest BCUT2D eigenvalue weighted by molar-refractivity contribution is 5.78. The summed E-state index contributed by atoms with van der Waals surface area (Å²) >= 11 is 0. The minimum Gasteiger partial charge on any atom is -0.469 e. The molecule has 0 aromatic rings. The molecule has 1 atom stereocenters. The number of ether oxygens (including phenoxy) is 1. The number of nitrogens with one attached hydrogen (secondary N) is 2. The van der Waals surface area contributed by atoms with E-state index in [9.17, 15) is 14.4 Å². The number of carbonyl (C=O) groups excluding carboxylic acids is 3. The molecule has 19 heavy (non-hydrogen) atoms. The molecule has 0 radical (unpaired) electrons. The first-order valence-electron chi connectivity index (χ1n) is 6.34. The predicted molar refractivity (Wildman–Crippen MR) is 68.3 cm³/mol. The molecule has 2 N–H and O–H groups in total. The van der Waals surface area contributed by atoms with Crippen molar-refractivity contribution < 1.29 is 19.1 Å². The number of hydrogen-bond acceptors (Lipinski definition) is 5. The van der Waals surface area contributed by atoms with Crippen molar-refractivity contribution >= 4 is 17.8 Å². The Morgan fingerprint density at radius 1 is 1.26 bits per heavy atom. The highest BCUT2D eigenvalue weighted by Crippen LogP contribution is 2.16. The molecule has 1 heterocycles. The van der Waals surface area contributed by atoms with Crippen LogP contribution in [0.4, 0.5) is 0 Å². The van der Waals surface area contributed by atoms with Gasteiger partial charge in [0.15, 0.2) is 0 Å². The first kappa shape index (κ1) is 15.4. The smallest absolute Gasteiger partial charge is 0.310 e. The Balaban J connectivity index is 2.16. The molecule has 0 bridgehead atoms. The third-order valence-electron chi connectivity index (χ3n) is 3.00. The first-order valence-corrected chi connectivity index (χ1v) is 6.34. The molecule has 0 aromatic heterocycles. The zero-order valence-corrected chi connectivity index (χ0v) is 11.4. The van der Waals surface area contributed by atoms with Gasteiger partial charge in [-0.2, -0.15) is 0 Å². The van der Waals surface area contributed by atoms with Gasteiger partial charge in [-0.05, 0) is 13.0 Å². The molecular formula is C12H21N3O4. The Morgan fingerprint density at radius 2 is 1.95 bits per heavy atom. The van der Waals surface area contributed by atoms with E-state index in [0.29, 0.717) is 19.6 Å². The maximum Gasteiger partial charge on any atom is 0.310 e. The zero-order valence-electron chi connectivity index (χ0n) is 11.4. The molecule has 7 nitrogen and oxygen atoms in total. The van der Waals surface area contributed by atoms with E-state index < -0.39 is 0 Å². The van der Waals surface area contributed by atoms with Crippen molar-refractivity contribution in [2.75, 3.05) is 39.8 Å². The molecule has 1 aliphatic heterocycles. The van der Waals surface area contributed by atoms with E-state index in [0.717, 1.165) is 13.0 Å². The fourth-order valence-electron chi connectivity index (χ4n) is 2.03. The van der Waals surface area contributed by atoms with Gasteiger partial charge in [-0.3, -0.25) is 19.3 Å². The maximum atomic E-state index is 11.6. The SMILES string of the molecule is COC(=O)C1CCN(CC(=O)NCCNC(C)=O)C1. The normalized spacial score (nSPS) is 18.9. The van der Waals surface area contributed by atoms with Gasteiger partial charge in [0.1, 0.15) is 0 Å². The van der Waals surface area contributed by atoms with Crippen LogP contribution in [-0.4, -0.2) is 62.5 Å². The van der Waals surface area contributed by atoms with Crippen LogP contribution in [0, 0.1) is 5.92 Å². The van der Waals surface area contributed by atoms with E-state index in [1.807, 2.05) is 4.90 Å². The van der Waals surface area contributed by atoms with Crippen LogP contribution >= 0.6 is 0 Å². The summed E-state index contributed by atoms with van der Waals surface area (Å²) in [7, 11) is 1.37. The van der Waals surface area contributed by atoms with Gasteiger partial charge in [0.2, 0.25) is 11.8 Å². The number of methoxy groups -OCH3 is 1. The lowest BCUT2D eigenvalue weighted by Crippen LogP contribution is -2.39. The second-order valence-corrected chi connectivity index (χ2v) is 4.58. The number of amides is 2. The van der Waals surface area contributed by atoms with Gasteiger partial charge in [-0.1, -0.05) is 0 Å². The highest BCUT2D eigenvalue weighted by Gasteiger charge is 2.29. The van der Waals surface area contributed by atoms with E-state index in [2.05, 4.69) is 15.4 Å². The fourth-order valence-corrected chi connectivity index (χ4v) is 2.03. The Labute approximate surface area is 112 Å². The van der Waals surface area contributed by atoms with Crippen molar-refractivity contribution in [1.82, 2.24) is 15.5 Å². The maximum absolute atomic E-state index is 11.6. The zero-order chi connectivity index (χ0) is 14.3. The van der Waals surface area contributed by atoms with Gasteiger partial charge >= 0.3 is 5.97 Å². The molecule has 0 saturated carbocycles. The minimum atomic E-state index is -0.214. The van der Waals surface area contributed by atoms with Crippen LogP contribution in [0.25, 0.3) is 0 Å². The molecule has 108 valence electrons. The number of esters is 1. The number of carbonyl (C=O) groups is 3. The lowest BCUT2D eigenvalue weighted by Gasteiger charge is -2.15. The number of hydrogen-bond donors (Lipinski definition) is 2. The Bertz CT molecular complexity index is 346. The van der Waals surface area contributed by atoms with Crippen molar-refractivity contribution in [3.8, 4) is 0 Å². The molecule has 2 amide bonds. The average molecular weight is 271 g/mol. The van der Waals surface area contributed by atoms with E-state index in [4.69, 9.17) is 0 Å². The second kappa shape index (κ2) is 7.73. The summed E-state index contributed by atoms with van der Waals surface area (Å²) < 4.78 is 4.68. The molecule has 0 aromatic carbocycles. The van der Waals surface area contributed by atoms with Crippen molar-refractivity contribution in [2.24, 2.45) is 5.92 Å². The van der Waals surface area contributed by atoms with Gasteiger partial charge in [-0.15, -0.1) is 0 Å². The minimum absolute atomic E-state index is 0.101. The van der Waals surface area contributed by atoms with Crippen molar-refractivity contribution in [3.05, 3.63) is 0 Å². The lowest BCUT2D eigenvalue weighted by molar-refractivity contribution is -0.145. The van der Waals surface area contributed by atoms with Crippen LogP contribution in [0.2, 0.25) is 0 Å². The van der Waals surface area contributed by atoms with Crippen LogP contribution in [-0.2, 0) is 19.1 Å². The van der Waals surface area contributed by atoms with E-state index in [-0.39, 0.29) is 30.2 Å². The lowest BCUT2D eigenvalue weighted by atomic mass is 10.1. The number of nitrogens with zero attached hydrogens (tertiary/aromatic N) is 1. The van der Waals surface area contributed by atoms with Crippen molar-refractivity contribution in [2.45, 2.75) is 13.3 Å². The van der Waals surface area contributed by atoms with Gasteiger partial charge in [0, 0.05) is 26.6 Å². The molecule has 1 aliphatic rings. The van der Waals surface area contributed by atoms with Gasteiger partial charge in [0.25, 0.3) is 0 Å². The van der Waals surface area contributed by atoms with E-state index >= 15 is 0 Å². The Hall–Kier alpha value is -1.63. The van der Waals surface area contributed by atoms with Gasteiger partial charge in [-0.25, -0.2) is 0 Å². The topological polar surface area (TPSA) is 87.7 Å². The quantitative estimate of drug-likeness (QED) is 0.465. The predicted octanol–water partition coefficient (Wildman–Crippen LogP) is -1.27. The molecule has 0 spiro atoms. The van der Waals surface area contributed by atoms with Crippen LogP contribution in [0.3, 0.4) is 0 Å². The number of likely N-dealkylation sites (tertiary alicyclic amines) is 1. The van der Waals surface area contributed by atoms with E-state index in [1.165, 1.54) is 14.0 Å². The summed E-state index contributed by atoms with van der Waals surface area (Å²) in [4.78, 5) is 35.5. The molecule has 1 saturated heterocycles. The van der Waals surface area contributed by atoms with Crippen LogP contribution in [0.5, 0.6) is 0 Å². The molecule has 7 heteroatoms. The third kappa shape index (κ3) is 5.69. The van der Waals surface area contributed by atoms with E-state index in [1.54, 1.807) is 0 Å². The van der Waals surface area contributed by atoms with Crippen LogP contribution < -0.4 is 10.6 Å². The summed E-state index contributed by atoms with van der Waals surface area (Å²) in [5.41, 5.74) is 0. The van der Waals surface area contributed by atoms with Gasteiger partial charge in [0.05, 0.1) is 19.6 Å². The van der Waals surface area contributed by atoms with Crippen molar-refractivity contribution in [1.29, 1.82) is 0 Å². The Morgan fingerprint density at radius 3 is 2.58 bits per heavy atom. The standard InChI is InChI=1S/C12H21N3O4/c1-9(16)13-4-5-14-11(17)8-15-6-3-10(7-15)12(18)19-2/h10H,3-8H2,1-2H3,(H,13,16)(H,14,17). The molecular weight excluding hydrogens is 250 g/mol. The molecule has 0 aliphatic carbocycles. The molecule has 1 rings (SSSR count). The second-order valence-electron chi connectivity index (χ2n) is 4.58. The summed E-state index contributed by atoms with van der Waals surface area (Å²) in [5.74, 6) is -0.559. The summed E-state index contributed by atoms with van der Waals surface area (Å²) in [6.07, 6.45) is 0.728. The average Bonchev–Trinajstić information content (AvgIpc) is 2.82. The summed E-state index contributed by atoms with van der Waals surface area (Å²) in [6, 6.07) is 0. The highest BCUT2D eigenvalue weighted by atomic mass is 16.5. The summed E-state index contributed by atoms with van der Waals surface area (Å²) in [5, 5.41) is 5.31.